The van der Waals surface area contributed by atoms with Crippen LogP contribution in [0.4, 0.5) is 16.0 Å². The normalized spacial score (nSPS) is 14.8. The molecule has 1 saturated heterocycles. The summed E-state index contributed by atoms with van der Waals surface area (Å²) in [6, 6.07) is 11.1. The van der Waals surface area contributed by atoms with Crippen LogP contribution in [0.15, 0.2) is 51.7 Å². The SMILES string of the molecule is Nc1ccc(-c2cccc3c(=O)cc(N4CCOCC4)oc23)c(F)c1. The number of para-hydroxylation sites is 1. The molecule has 6 heteroatoms. The zero-order chi connectivity index (χ0) is 17.4. The number of nitrogens with zero attached hydrogens (tertiary/aromatic N) is 1. The second-order valence-corrected chi connectivity index (χ2v) is 5.97. The quantitative estimate of drug-likeness (QED) is 0.726. The highest BCUT2D eigenvalue weighted by Crippen LogP contribution is 2.32. The molecule has 2 aromatic carbocycles. The van der Waals surface area contributed by atoms with Crippen LogP contribution in [0.5, 0.6) is 0 Å². The Bertz CT molecular complexity index is 994. The molecule has 0 spiro atoms. The van der Waals surface area contributed by atoms with Gasteiger partial charge in [0.1, 0.15) is 11.4 Å². The minimum atomic E-state index is -0.452. The Morgan fingerprint density at radius 3 is 2.60 bits per heavy atom. The number of fused-ring (bicyclic) bond motifs is 1. The number of morpholine rings is 1. The number of rotatable bonds is 2. The molecule has 5 nitrogen and oxygen atoms in total. The predicted octanol–water partition coefficient (Wildman–Crippen LogP) is 3.02. The first-order chi connectivity index (χ1) is 12.1. The monoisotopic (exact) mass is 340 g/mol. The van der Waals surface area contributed by atoms with Crippen molar-refractivity contribution < 1.29 is 13.5 Å². The fourth-order valence-corrected chi connectivity index (χ4v) is 3.07. The average molecular weight is 340 g/mol. The van der Waals surface area contributed by atoms with Gasteiger partial charge in [0.25, 0.3) is 0 Å². The molecule has 25 heavy (non-hydrogen) atoms. The third-order valence-corrected chi connectivity index (χ3v) is 4.35. The van der Waals surface area contributed by atoms with E-state index in [0.717, 1.165) is 0 Å². The van der Waals surface area contributed by atoms with Crippen molar-refractivity contribution in [3.8, 4) is 11.1 Å². The number of nitrogens with two attached hydrogens (primary N) is 1. The van der Waals surface area contributed by atoms with E-state index in [1.807, 2.05) is 4.90 Å². The zero-order valence-electron chi connectivity index (χ0n) is 13.5. The molecule has 4 rings (SSSR count). The third-order valence-electron chi connectivity index (χ3n) is 4.35. The van der Waals surface area contributed by atoms with Crippen LogP contribution in [0.1, 0.15) is 0 Å². The fraction of sp³-hybridized carbons (Fsp3) is 0.211. The largest absolute Gasteiger partial charge is 0.440 e. The van der Waals surface area contributed by atoms with Crippen LogP contribution in [0.3, 0.4) is 0 Å². The van der Waals surface area contributed by atoms with E-state index in [0.29, 0.717) is 60.0 Å². The molecule has 0 saturated carbocycles. The Balaban J connectivity index is 1.92. The van der Waals surface area contributed by atoms with Gasteiger partial charge < -0.3 is 19.8 Å². The molecule has 0 radical (unpaired) electrons. The van der Waals surface area contributed by atoms with E-state index in [2.05, 4.69) is 0 Å². The zero-order valence-corrected chi connectivity index (χ0v) is 13.5. The lowest BCUT2D eigenvalue weighted by Crippen LogP contribution is -2.36. The van der Waals surface area contributed by atoms with E-state index in [1.54, 1.807) is 30.3 Å². The number of hydrogen-bond donors (Lipinski definition) is 1. The molecule has 0 unspecified atom stereocenters. The highest BCUT2D eigenvalue weighted by atomic mass is 19.1. The maximum Gasteiger partial charge on any atom is 0.200 e. The Hall–Kier alpha value is -2.86. The van der Waals surface area contributed by atoms with Crippen LogP contribution in [0.25, 0.3) is 22.1 Å². The average Bonchev–Trinajstić information content (AvgIpc) is 2.62. The highest BCUT2D eigenvalue weighted by Gasteiger charge is 2.18. The summed E-state index contributed by atoms with van der Waals surface area (Å²) in [6.07, 6.45) is 0. The second-order valence-electron chi connectivity index (χ2n) is 5.97. The minimum absolute atomic E-state index is 0.152. The summed E-state index contributed by atoms with van der Waals surface area (Å²) in [5.74, 6) is 0.0241. The summed E-state index contributed by atoms with van der Waals surface area (Å²) in [5, 5.41) is 0.422. The van der Waals surface area contributed by atoms with Crippen LogP contribution in [0, 0.1) is 5.82 Å². The topological polar surface area (TPSA) is 68.7 Å². The smallest absolute Gasteiger partial charge is 0.200 e. The van der Waals surface area contributed by atoms with E-state index in [-0.39, 0.29) is 5.43 Å². The van der Waals surface area contributed by atoms with Crippen LogP contribution in [-0.4, -0.2) is 26.3 Å². The number of halogens is 1. The lowest BCUT2D eigenvalue weighted by atomic mass is 10.0. The van der Waals surface area contributed by atoms with Crippen molar-refractivity contribution in [2.75, 3.05) is 36.9 Å². The van der Waals surface area contributed by atoms with Crippen molar-refractivity contribution in [3.63, 3.8) is 0 Å². The number of benzene rings is 2. The van der Waals surface area contributed by atoms with Gasteiger partial charge in [-0.25, -0.2) is 4.39 Å². The van der Waals surface area contributed by atoms with Crippen LogP contribution in [-0.2, 0) is 4.74 Å². The Kier molecular flexibility index (Phi) is 3.89. The number of hydrogen-bond acceptors (Lipinski definition) is 5. The van der Waals surface area contributed by atoms with Gasteiger partial charge in [-0.1, -0.05) is 12.1 Å². The first kappa shape index (κ1) is 15.7. The molecule has 1 aliphatic heterocycles. The lowest BCUT2D eigenvalue weighted by Gasteiger charge is -2.27. The van der Waals surface area contributed by atoms with Crippen molar-refractivity contribution >= 4 is 22.5 Å². The van der Waals surface area contributed by atoms with Gasteiger partial charge in [0, 0.05) is 36.0 Å². The Morgan fingerprint density at radius 2 is 1.84 bits per heavy atom. The second kappa shape index (κ2) is 6.22. The highest BCUT2D eigenvalue weighted by molar-refractivity contribution is 5.92. The molecular formula is C19H17FN2O3. The van der Waals surface area contributed by atoms with Crippen molar-refractivity contribution in [3.05, 3.63) is 58.5 Å². The van der Waals surface area contributed by atoms with Crippen molar-refractivity contribution in [2.24, 2.45) is 0 Å². The first-order valence-corrected chi connectivity index (χ1v) is 8.08. The molecule has 1 aliphatic rings. The van der Waals surface area contributed by atoms with Gasteiger partial charge in [-0.05, 0) is 24.3 Å². The molecule has 3 aromatic rings. The van der Waals surface area contributed by atoms with Gasteiger partial charge in [0.2, 0.25) is 0 Å². The van der Waals surface area contributed by atoms with Crippen molar-refractivity contribution in [1.82, 2.24) is 0 Å². The van der Waals surface area contributed by atoms with Crippen molar-refractivity contribution in [1.29, 1.82) is 0 Å². The molecule has 0 amide bonds. The number of nitrogen functional groups attached to an aromatic ring is 1. The van der Waals surface area contributed by atoms with Gasteiger partial charge in [0.05, 0.1) is 18.6 Å². The Labute approximate surface area is 143 Å². The first-order valence-electron chi connectivity index (χ1n) is 8.08. The molecule has 0 atom stereocenters. The number of anilines is 2. The molecular weight excluding hydrogens is 323 g/mol. The maximum atomic E-state index is 14.4. The third kappa shape index (κ3) is 2.85. The van der Waals surface area contributed by atoms with Crippen LogP contribution >= 0.6 is 0 Å². The van der Waals surface area contributed by atoms with Gasteiger partial charge in [-0.2, -0.15) is 0 Å². The van der Waals surface area contributed by atoms with Gasteiger partial charge in [-0.15, -0.1) is 0 Å². The van der Waals surface area contributed by atoms with Crippen LogP contribution < -0.4 is 16.1 Å². The van der Waals surface area contributed by atoms with E-state index < -0.39 is 5.82 Å². The molecule has 1 aromatic heterocycles. The summed E-state index contributed by atoms with van der Waals surface area (Å²) in [5.41, 5.74) is 7.08. The van der Waals surface area contributed by atoms with Gasteiger partial charge in [0.15, 0.2) is 11.3 Å². The standard InChI is InChI=1S/C19H17FN2O3/c20-16-10-12(21)4-5-13(16)14-2-1-3-15-17(23)11-18(25-19(14)15)22-6-8-24-9-7-22/h1-5,10-11H,6-9,21H2. The maximum absolute atomic E-state index is 14.4. The van der Waals surface area contributed by atoms with Crippen molar-refractivity contribution in [2.45, 2.75) is 0 Å². The van der Waals surface area contributed by atoms with E-state index >= 15 is 0 Å². The Morgan fingerprint density at radius 1 is 1.04 bits per heavy atom. The summed E-state index contributed by atoms with van der Waals surface area (Å²) in [7, 11) is 0. The molecule has 0 aliphatic carbocycles. The van der Waals surface area contributed by atoms with E-state index in [4.69, 9.17) is 14.9 Å². The molecule has 128 valence electrons. The van der Waals surface area contributed by atoms with E-state index in [1.165, 1.54) is 12.1 Å². The summed E-state index contributed by atoms with van der Waals surface area (Å²) in [6.45, 7) is 2.45. The minimum Gasteiger partial charge on any atom is -0.440 e. The van der Waals surface area contributed by atoms with Crippen LogP contribution in [0.2, 0.25) is 0 Å². The summed E-state index contributed by atoms with van der Waals surface area (Å²) in [4.78, 5) is 14.5. The molecule has 0 bridgehead atoms. The molecule has 2 N–H and O–H groups in total. The molecule has 1 fully saturated rings. The lowest BCUT2D eigenvalue weighted by molar-refractivity contribution is 0.121. The van der Waals surface area contributed by atoms with E-state index in [9.17, 15) is 9.18 Å². The summed E-state index contributed by atoms with van der Waals surface area (Å²) < 4.78 is 25.8. The fourth-order valence-electron chi connectivity index (χ4n) is 3.07. The van der Waals surface area contributed by atoms with Gasteiger partial charge in [-0.3, -0.25) is 4.79 Å². The summed E-state index contributed by atoms with van der Waals surface area (Å²) >= 11 is 0. The predicted molar refractivity (Wildman–Crippen MR) is 95.3 cm³/mol. The molecule has 2 heterocycles. The van der Waals surface area contributed by atoms with Gasteiger partial charge >= 0.3 is 0 Å². The number of ether oxygens (including phenoxy) is 1.